The molecule has 1 heterocycles. The largest absolute Gasteiger partial charge is 0.475 e. The van der Waals surface area contributed by atoms with Crippen molar-refractivity contribution in [1.29, 1.82) is 0 Å². The molecule has 1 rings (SSSR count). The van der Waals surface area contributed by atoms with Gasteiger partial charge in [-0.2, -0.15) is 0 Å². The first kappa shape index (κ1) is 10.2. The van der Waals surface area contributed by atoms with E-state index in [9.17, 15) is 4.79 Å². The van der Waals surface area contributed by atoms with E-state index in [0.717, 1.165) is 0 Å². The lowest BCUT2D eigenvalue weighted by Gasteiger charge is -2.07. The minimum absolute atomic E-state index is 0.179. The van der Waals surface area contributed by atoms with Gasteiger partial charge in [-0.25, -0.2) is 4.79 Å². The average molecular weight is 195 g/mol. The van der Waals surface area contributed by atoms with Gasteiger partial charge >= 0.3 is 5.97 Å². The summed E-state index contributed by atoms with van der Waals surface area (Å²) in [6.45, 7) is -0.250. The third kappa shape index (κ3) is 2.28. The van der Waals surface area contributed by atoms with E-state index in [-0.39, 0.29) is 18.3 Å². The second-order valence-corrected chi connectivity index (χ2v) is 2.52. The average Bonchev–Trinajstić information content (AvgIpc) is 2.62. The van der Waals surface area contributed by atoms with Gasteiger partial charge in [-0.05, 0) is 6.07 Å². The molecule has 3 N–H and O–H groups in total. The Labute approximate surface area is 80.3 Å². The van der Waals surface area contributed by atoms with Gasteiger partial charge in [-0.1, -0.05) is 5.92 Å². The Morgan fingerprint density at radius 3 is 2.86 bits per heavy atom. The first-order valence-corrected chi connectivity index (χ1v) is 3.84. The highest BCUT2D eigenvalue weighted by Crippen LogP contribution is 2.13. The van der Waals surface area contributed by atoms with Crippen LogP contribution in [-0.2, 0) is 0 Å². The van der Waals surface area contributed by atoms with Crippen molar-refractivity contribution in [3.63, 3.8) is 0 Å². The molecule has 1 unspecified atom stereocenters. The molecule has 0 amide bonds. The van der Waals surface area contributed by atoms with Crippen LogP contribution in [0, 0.1) is 12.3 Å². The number of terminal acetylenes is 1. The number of nitrogens with one attached hydrogen (secondary N) is 1. The highest BCUT2D eigenvalue weighted by atomic mass is 16.4. The van der Waals surface area contributed by atoms with E-state index in [1.807, 2.05) is 0 Å². The minimum Gasteiger partial charge on any atom is -0.475 e. The smallest absolute Gasteiger partial charge is 0.371 e. The van der Waals surface area contributed by atoms with Crippen LogP contribution in [0.15, 0.2) is 16.5 Å². The SMILES string of the molecule is C#CC(CO)Nc1ccc(C(=O)O)o1. The maximum atomic E-state index is 10.4. The van der Waals surface area contributed by atoms with Gasteiger partial charge in [0.25, 0.3) is 0 Å². The molecule has 0 aliphatic heterocycles. The molecule has 1 atom stereocenters. The number of aliphatic hydroxyl groups is 1. The molecule has 0 saturated carbocycles. The van der Waals surface area contributed by atoms with E-state index >= 15 is 0 Å². The van der Waals surface area contributed by atoms with Crippen LogP contribution >= 0.6 is 0 Å². The molecule has 14 heavy (non-hydrogen) atoms. The molecule has 1 aromatic heterocycles. The molecular formula is C9H9NO4. The molecule has 0 spiro atoms. The highest BCUT2D eigenvalue weighted by Gasteiger charge is 2.10. The maximum absolute atomic E-state index is 10.4. The van der Waals surface area contributed by atoms with E-state index in [1.54, 1.807) is 0 Å². The maximum Gasteiger partial charge on any atom is 0.371 e. The molecule has 5 heteroatoms. The van der Waals surface area contributed by atoms with Crippen LogP contribution in [0.2, 0.25) is 0 Å². The summed E-state index contributed by atoms with van der Waals surface area (Å²) in [6.07, 6.45) is 5.07. The van der Waals surface area contributed by atoms with Crippen LogP contribution in [-0.4, -0.2) is 28.8 Å². The Kier molecular flexibility index (Phi) is 3.15. The van der Waals surface area contributed by atoms with Gasteiger partial charge < -0.3 is 19.9 Å². The van der Waals surface area contributed by atoms with Crippen LogP contribution < -0.4 is 5.32 Å². The summed E-state index contributed by atoms with van der Waals surface area (Å²) in [5.74, 6) is 1.16. The summed E-state index contributed by atoms with van der Waals surface area (Å²) in [5, 5.41) is 19.9. The van der Waals surface area contributed by atoms with Crippen LogP contribution in [0.3, 0.4) is 0 Å². The van der Waals surface area contributed by atoms with Gasteiger partial charge in [-0.3, -0.25) is 0 Å². The van der Waals surface area contributed by atoms with Crippen molar-refractivity contribution in [2.75, 3.05) is 11.9 Å². The first-order valence-electron chi connectivity index (χ1n) is 3.84. The molecule has 0 bridgehead atoms. The van der Waals surface area contributed by atoms with Crippen molar-refractivity contribution in [2.24, 2.45) is 0 Å². The number of anilines is 1. The predicted octanol–water partition coefficient (Wildman–Crippen LogP) is 0.384. The van der Waals surface area contributed by atoms with Crippen LogP contribution in [0.5, 0.6) is 0 Å². The lowest BCUT2D eigenvalue weighted by molar-refractivity contribution is 0.0663. The zero-order valence-corrected chi connectivity index (χ0v) is 7.23. The van der Waals surface area contributed by atoms with Crippen molar-refractivity contribution >= 4 is 11.9 Å². The van der Waals surface area contributed by atoms with E-state index in [2.05, 4.69) is 11.2 Å². The number of hydrogen-bond donors (Lipinski definition) is 3. The summed E-state index contributed by atoms with van der Waals surface area (Å²) >= 11 is 0. The van der Waals surface area contributed by atoms with Crippen molar-refractivity contribution in [2.45, 2.75) is 6.04 Å². The van der Waals surface area contributed by atoms with E-state index in [4.69, 9.17) is 21.1 Å². The molecular weight excluding hydrogens is 186 g/mol. The molecule has 0 aliphatic carbocycles. The monoisotopic (exact) mass is 195 g/mol. The van der Waals surface area contributed by atoms with Crippen LogP contribution in [0.1, 0.15) is 10.6 Å². The second-order valence-electron chi connectivity index (χ2n) is 2.52. The fourth-order valence-electron chi connectivity index (χ4n) is 0.842. The van der Waals surface area contributed by atoms with Crippen LogP contribution in [0.4, 0.5) is 5.88 Å². The number of aliphatic hydroxyl groups excluding tert-OH is 1. The summed E-state index contributed by atoms with van der Waals surface area (Å²) in [6, 6.07) is 2.15. The van der Waals surface area contributed by atoms with Crippen molar-refractivity contribution < 1.29 is 19.4 Å². The molecule has 5 nitrogen and oxygen atoms in total. The predicted molar refractivity (Wildman–Crippen MR) is 49.0 cm³/mol. The minimum atomic E-state index is -1.15. The Balaban J connectivity index is 2.69. The van der Waals surface area contributed by atoms with E-state index < -0.39 is 12.0 Å². The number of hydrogen-bond acceptors (Lipinski definition) is 4. The second kappa shape index (κ2) is 4.35. The van der Waals surface area contributed by atoms with Crippen molar-refractivity contribution in [1.82, 2.24) is 0 Å². The van der Waals surface area contributed by atoms with Gasteiger partial charge in [0.15, 0.2) is 5.88 Å². The zero-order chi connectivity index (χ0) is 10.6. The molecule has 0 aromatic carbocycles. The molecule has 0 radical (unpaired) electrons. The van der Waals surface area contributed by atoms with Crippen LogP contribution in [0.25, 0.3) is 0 Å². The van der Waals surface area contributed by atoms with E-state index in [1.165, 1.54) is 12.1 Å². The summed E-state index contributed by atoms with van der Waals surface area (Å²) in [5.41, 5.74) is 0. The number of carbonyl (C=O) groups is 1. The normalized spacial score (nSPS) is 11.7. The Hall–Kier alpha value is -1.93. The van der Waals surface area contributed by atoms with Gasteiger partial charge in [0, 0.05) is 6.07 Å². The number of rotatable bonds is 4. The third-order valence-electron chi connectivity index (χ3n) is 1.52. The topological polar surface area (TPSA) is 82.7 Å². The fourth-order valence-corrected chi connectivity index (χ4v) is 0.842. The van der Waals surface area contributed by atoms with Crippen molar-refractivity contribution in [3.05, 3.63) is 17.9 Å². The van der Waals surface area contributed by atoms with Gasteiger partial charge in [0.1, 0.15) is 6.04 Å². The van der Waals surface area contributed by atoms with E-state index in [0.29, 0.717) is 0 Å². The zero-order valence-electron chi connectivity index (χ0n) is 7.23. The molecule has 0 saturated heterocycles. The fraction of sp³-hybridized carbons (Fsp3) is 0.222. The third-order valence-corrected chi connectivity index (χ3v) is 1.52. The molecule has 0 aliphatic rings. The lowest BCUT2D eigenvalue weighted by Crippen LogP contribution is -2.20. The standard InChI is InChI=1S/C9H9NO4/c1-2-6(5-11)10-8-4-3-7(14-8)9(12)13/h1,3-4,6,10-11H,5H2,(H,12,13). The Morgan fingerprint density at radius 2 is 2.43 bits per heavy atom. The Bertz CT molecular complexity index is 363. The van der Waals surface area contributed by atoms with Gasteiger partial charge in [0.05, 0.1) is 6.61 Å². The summed E-state index contributed by atoms with van der Waals surface area (Å²) < 4.78 is 4.86. The Morgan fingerprint density at radius 1 is 1.71 bits per heavy atom. The number of carboxylic acids is 1. The molecule has 74 valence electrons. The summed E-state index contributed by atoms with van der Waals surface area (Å²) in [4.78, 5) is 10.4. The van der Waals surface area contributed by atoms with Gasteiger partial charge in [-0.15, -0.1) is 6.42 Å². The molecule has 1 aromatic rings. The van der Waals surface area contributed by atoms with Gasteiger partial charge in [0.2, 0.25) is 5.76 Å². The summed E-state index contributed by atoms with van der Waals surface area (Å²) in [7, 11) is 0. The molecule has 0 fully saturated rings. The lowest BCUT2D eigenvalue weighted by atomic mass is 10.3. The highest BCUT2D eigenvalue weighted by molar-refractivity contribution is 5.84. The first-order chi connectivity index (χ1) is 6.67. The quantitative estimate of drug-likeness (QED) is 0.605. The number of aromatic carboxylic acids is 1. The van der Waals surface area contributed by atoms with Crippen molar-refractivity contribution in [3.8, 4) is 12.3 Å². The number of furan rings is 1. The number of carboxylic acid groups (broad SMARTS) is 1.